The molecule has 5 nitrogen and oxygen atoms in total. The minimum Gasteiger partial charge on any atom is -0.473 e. The first-order valence-electron chi connectivity index (χ1n) is 4.84. The molecule has 0 bridgehead atoms. The Morgan fingerprint density at radius 3 is 2.33 bits per heavy atom. The third-order valence-corrected chi connectivity index (χ3v) is 2.24. The van der Waals surface area contributed by atoms with E-state index in [2.05, 4.69) is 5.10 Å². The van der Waals surface area contributed by atoms with Crippen LogP contribution in [0, 0.1) is 11.6 Å². The number of carbonyl (C=O) groups is 1. The molecule has 0 radical (unpaired) electrons. The summed E-state index contributed by atoms with van der Waals surface area (Å²) in [5.74, 6) is -3.30. The molecule has 1 heterocycles. The van der Waals surface area contributed by atoms with Gasteiger partial charge in [-0.05, 0) is 12.1 Å². The number of benzene rings is 1. The molecule has 0 fully saturated rings. The number of rotatable bonds is 2. The summed E-state index contributed by atoms with van der Waals surface area (Å²) in [6, 6.07) is 4.99. The van der Waals surface area contributed by atoms with Crippen LogP contribution in [0.25, 0.3) is 5.69 Å². The first kappa shape index (κ1) is 11.9. The third kappa shape index (κ3) is 1.97. The van der Waals surface area contributed by atoms with Crippen molar-refractivity contribution in [3.05, 3.63) is 58.0 Å². The standard InChI is InChI=1S/C11H6F2N2O3/c12-6-2-1-3-7(13)10(6)15-9(16)5-4-8(14-15)11(17)18/h1-5H,(H,17,18)/p+1. The van der Waals surface area contributed by atoms with Gasteiger partial charge in [-0.3, -0.25) is 4.79 Å². The van der Waals surface area contributed by atoms with Crippen molar-refractivity contribution in [3.8, 4) is 5.69 Å². The van der Waals surface area contributed by atoms with Gasteiger partial charge in [0.25, 0.3) is 0 Å². The fourth-order valence-corrected chi connectivity index (χ4v) is 1.43. The van der Waals surface area contributed by atoms with Gasteiger partial charge in [-0.25, -0.2) is 13.6 Å². The molecule has 1 aromatic heterocycles. The van der Waals surface area contributed by atoms with Gasteiger partial charge in [0.1, 0.15) is 0 Å². The minimum atomic E-state index is -1.35. The monoisotopic (exact) mass is 253 g/mol. The smallest absolute Gasteiger partial charge is 0.403 e. The average molecular weight is 253 g/mol. The van der Waals surface area contributed by atoms with Crippen molar-refractivity contribution in [3.63, 3.8) is 0 Å². The van der Waals surface area contributed by atoms with Crippen LogP contribution in [0.4, 0.5) is 8.78 Å². The maximum absolute atomic E-state index is 13.5. The van der Waals surface area contributed by atoms with E-state index in [1.165, 1.54) is 0 Å². The molecule has 1 aromatic carbocycles. The molecule has 0 unspecified atom stereocenters. The molecular weight excluding hydrogens is 246 g/mol. The fourth-order valence-electron chi connectivity index (χ4n) is 1.43. The molecule has 0 amide bonds. The van der Waals surface area contributed by atoms with Crippen molar-refractivity contribution < 1.29 is 23.8 Å². The lowest BCUT2D eigenvalue weighted by molar-refractivity contribution is -0.487. The number of carboxylic acid groups (broad SMARTS) is 1. The van der Waals surface area contributed by atoms with Crippen molar-refractivity contribution in [1.82, 2.24) is 4.68 Å². The predicted molar refractivity (Wildman–Crippen MR) is 55.5 cm³/mol. The van der Waals surface area contributed by atoms with E-state index in [1.807, 2.05) is 0 Å². The summed E-state index contributed by atoms with van der Waals surface area (Å²) in [6.07, 6.45) is 0. The SMILES string of the molecule is O=C(O)c1ccc(=O)n(-c2c(F)cccc2F)[nH+]1. The number of H-pyrrole nitrogens is 1. The van der Waals surface area contributed by atoms with Crippen LogP contribution in [-0.2, 0) is 0 Å². The van der Waals surface area contributed by atoms with Gasteiger partial charge in [-0.1, -0.05) is 10.7 Å². The zero-order chi connectivity index (χ0) is 13.3. The largest absolute Gasteiger partial charge is 0.473 e. The Morgan fingerprint density at radius 2 is 1.78 bits per heavy atom. The second kappa shape index (κ2) is 4.36. The maximum atomic E-state index is 13.5. The number of nitrogens with zero attached hydrogens (tertiary/aromatic N) is 1. The number of aromatic nitrogens is 2. The normalized spacial score (nSPS) is 10.3. The molecule has 0 atom stereocenters. The van der Waals surface area contributed by atoms with Crippen LogP contribution in [0.3, 0.4) is 0 Å². The number of aromatic carboxylic acids is 1. The second-order valence-electron chi connectivity index (χ2n) is 3.41. The van der Waals surface area contributed by atoms with Gasteiger partial charge in [-0.2, -0.15) is 0 Å². The first-order valence-corrected chi connectivity index (χ1v) is 4.84. The van der Waals surface area contributed by atoms with Crippen LogP contribution in [0.5, 0.6) is 0 Å². The molecule has 0 aliphatic rings. The van der Waals surface area contributed by atoms with E-state index in [0.717, 1.165) is 30.3 Å². The number of carboxylic acids is 1. The van der Waals surface area contributed by atoms with Crippen LogP contribution in [-0.4, -0.2) is 15.8 Å². The van der Waals surface area contributed by atoms with Crippen molar-refractivity contribution in [2.75, 3.05) is 0 Å². The lowest BCUT2D eigenvalue weighted by atomic mass is 10.3. The van der Waals surface area contributed by atoms with Gasteiger partial charge in [0, 0.05) is 12.1 Å². The zero-order valence-electron chi connectivity index (χ0n) is 8.85. The highest BCUT2D eigenvalue weighted by atomic mass is 19.1. The molecule has 0 saturated carbocycles. The summed E-state index contributed by atoms with van der Waals surface area (Å²) < 4.78 is 27.5. The molecule has 2 rings (SSSR count). The quantitative estimate of drug-likeness (QED) is 0.853. The third-order valence-electron chi connectivity index (χ3n) is 2.24. The lowest BCUT2D eigenvalue weighted by Crippen LogP contribution is -2.38. The fraction of sp³-hybridized carbons (Fsp3) is 0. The van der Waals surface area contributed by atoms with E-state index < -0.39 is 28.9 Å². The molecule has 2 N–H and O–H groups in total. The Bertz CT molecular complexity index is 662. The van der Waals surface area contributed by atoms with Gasteiger partial charge < -0.3 is 5.11 Å². The molecule has 0 aliphatic carbocycles. The van der Waals surface area contributed by atoms with Crippen molar-refractivity contribution >= 4 is 5.97 Å². The van der Waals surface area contributed by atoms with E-state index in [9.17, 15) is 18.4 Å². The molecule has 92 valence electrons. The summed E-state index contributed by atoms with van der Waals surface area (Å²) in [4.78, 5) is 22.2. The van der Waals surface area contributed by atoms with Gasteiger partial charge in [-0.15, -0.1) is 5.10 Å². The Balaban J connectivity index is 2.75. The molecule has 0 spiro atoms. The van der Waals surface area contributed by atoms with Crippen LogP contribution >= 0.6 is 0 Å². The Hall–Kier alpha value is -2.57. The molecular formula is C11H7F2N2O3+. The maximum Gasteiger partial charge on any atom is 0.403 e. The number of aromatic amines is 1. The van der Waals surface area contributed by atoms with Crippen LogP contribution in [0.2, 0.25) is 0 Å². The van der Waals surface area contributed by atoms with Crippen molar-refractivity contribution in [2.24, 2.45) is 0 Å². The summed E-state index contributed by atoms with van der Waals surface area (Å²) in [5.41, 5.74) is -1.79. The van der Waals surface area contributed by atoms with Crippen molar-refractivity contribution in [1.29, 1.82) is 0 Å². The molecule has 2 aromatic rings. The highest BCUT2D eigenvalue weighted by Crippen LogP contribution is 2.13. The number of para-hydroxylation sites is 1. The summed E-state index contributed by atoms with van der Waals surface area (Å²) in [5, 5.41) is 10.9. The van der Waals surface area contributed by atoms with Crippen LogP contribution in [0.1, 0.15) is 10.5 Å². The number of hydrogen-bond donors (Lipinski definition) is 1. The number of hydrogen-bond acceptors (Lipinski definition) is 2. The number of halogens is 2. The van der Waals surface area contributed by atoms with E-state index in [1.54, 1.807) is 0 Å². The van der Waals surface area contributed by atoms with Crippen LogP contribution < -0.4 is 10.7 Å². The van der Waals surface area contributed by atoms with E-state index in [4.69, 9.17) is 5.11 Å². The van der Waals surface area contributed by atoms with Gasteiger partial charge in [0.2, 0.25) is 0 Å². The summed E-state index contributed by atoms with van der Waals surface area (Å²) in [7, 11) is 0. The predicted octanol–water partition coefficient (Wildman–Crippen LogP) is 0.628. The minimum absolute atomic E-state index is 0.364. The van der Waals surface area contributed by atoms with Gasteiger partial charge in [0.05, 0.1) is 0 Å². The molecule has 0 aliphatic heterocycles. The van der Waals surface area contributed by atoms with E-state index >= 15 is 0 Å². The highest BCUT2D eigenvalue weighted by Gasteiger charge is 2.20. The van der Waals surface area contributed by atoms with E-state index in [-0.39, 0.29) is 5.69 Å². The topological polar surface area (TPSA) is 73.4 Å². The lowest BCUT2D eigenvalue weighted by Gasteiger charge is -2.02. The Morgan fingerprint density at radius 1 is 1.17 bits per heavy atom. The van der Waals surface area contributed by atoms with Crippen LogP contribution in [0.15, 0.2) is 35.1 Å². The highest BCUT2D eigenvalue weighted by molar-refractivity contribution is 5.83. The van der Waals surface area contributed by atoms with Gasteiger partial charge >= 0.3 is 17.2 Å². The number of nitrogens with one attached hydrogen (secondary N) is 1. The first-order chi connectivity index (χ1) is 8.50. The molecule has 0 saturated heterocycles. The molecule has 18 heavy (non-hydrogen) atoms. The average Bonchev–Trinajstić information content (AvgIpc) is 2.30. The van der Waals surface area contributed by atoms with E-state index in [0.29, 0.717) is 4.68 Å². The summed E-state index contributed by atoms with van der Waals surface area (Å²) in [6.45, 7) is 0. The Labute approximate surface area is 98.9 Å². The Kier molecular flexibility index (Phi) is 2.88. The van der Waals surface area contributed by atoms with Crippen molar-refractivity contribution in [2.45, 2.75) is 0 Å². The van der Waals surface area contributed by atoms with Gasteiger partial charge in [0.15, 0.2) is 17.3 Å². The second-order valence-corrected chi connectivity index (χ2v) is 3.41. The summed E-state index contributed by atoms with van der Waals surface area (Å²) >= 11 is 0. The molecule has 7 heteroatoms. The zero-order valence-corrected chi connectivity index (χ0v) is 8.85.